The Bertz CT molecular complexity index is 431. The Labute approximate surface area is 110 Å². The average Bonchev–Trinajstić information content (AvgIpc) is 2.28. The third-order valence-corrected chi connectivity index (χ3v) is 1.73. The monoisotopic (exact) mass is 268 g/mol. The van der Waals surface area contributed by atoms with Crippen molar-refractivity contribution >= 4 is 29.6 Å². The second-order valence-electron chi connectivity index (χ2n) is 3.01. The van der Waals surface area contributed by atoms with E-state index < -0.39 is 11.9 Å². The highest BCUT2D eigenvalue weighted by molar-refractivity contribution is 6.30. The van der Waals surface area contributed by atoms with E-state index in [4.69, 9.17) is 21.5 Å². The van der Waals surface area contributed by atoms with Gasteiger partial charge in [0.15, 0.2) is 0 Å². The van der Waals surface area contributed by atoms with E-state index >= 15 is 0 Å². The van der Waals surface area contributed by atoms with Crippen LogP contribution in [0.4, 0.5) is 0 Å². The van der Waals surface area contributed by atoms with E-state index in [1.807, 2.05) is 0 Å². The molecule has 0 atom stereocenters. The molecule has 0 bridgehead atoms. The van der Waals surface area contributed by atoms with Gasteiger partial charge in [-0.05, 0) is 23.8 Å². The molecule has 0 unspecified atom stereocenters. The summed E-state index contributed by atoms with van der Waals surface area (Å²) in [5.41, 5.74) is 0.885. The van der Waals surface area contributed by atoms with Crippen molar-refractivity contribution in [3.63, 3.8) is 0 Å². The highest BCUT2D eigenvalue weighted by atomic mass is 35.5. The quantitative estimate of drug-likeness (QED) is 0.520. The number of rotatable bonds is 3. The maximum Gasteiger partial charge on any atom is 0.335 e. The lowest BCUT2D eigenvalue weighted by Crippen LogP contribution is -1.92. The van der Waals surface area contributed by atoms with Crippen LogP contribution in [0.1, 0.15) is 12.5 Å². The van der Waals surface area contributed by atoms with Gasteiger partial charge in [0, 0.05) is 18.0 Å². The number of ether oxygens (including phenoxy) is 1. The fourth-order valence-electron chi connectivity index (χ4n) is 0.860. The van der Waals surface area contributed by atoms with Crippen LogP contribution in [0.2, 0.25) is 5.02 Å². The fourth-order valence-corrected chi connectivity index (χ4v) is 0.986. The smallest absolute Gasteiger partial charge is 0.335 e. The van der Waals surface area contributed by atoms with Crippen molar-refractivity contribution in [2.45, 2.75) is 6.92 Å². The summed E-state index contributed by atoms with van der Waals surface area (Å²) in [5, 5.41) is 8.08. The van der Waals surface area contributed by atoms with Gasteiger partial charge >= 0.3 is 5.97 Å². The molecular weight excluding hydrogens is 256 g/mol. The van der Waals surface area contributed by atoms with Crippen LogP contribution < -0.4 is 0 Å². The normalized spacial score (nSPS) is 9.22. The molecule has 0 aromatic heterocycles. The number of hydrogen-bond donors (Lipinski definition) is 1. The van der Waals surface area contributed by atoms with Crippen molar-refractivity contribution < 1.29 is 19.4 Å². The molecule has 0 amide bonds. The summed E-state index contributed by atoms with van der Waals surface area (Å²) in [4.78, 5) is 19.9. The molecule has 18 heavy (non-hydrogen) atoms. The first-order valence-corrected chi connectivity index (χ1v) is 5.28. The Hall–Kier alpha value is -2.07. The van der Waals surface area contributed by atoms with Gasteiger partial charge in [0.05, 0.1) is 6.26 Å². The first-order chi connectivity index (χ1) is 8.45. The minimum Gasteiger partial charge on any atom is -0.481 e. The highest BCUT2D eigenvalue weighted by Gasteiger charge is 1.92. The molecule has 1 aromatic rings. The summed E-state index contributed by atoms with van der Waals surface area (Å²) in [5.74, 6) is -1.28. The Balaban J connectivity index is 0.000000631. The number of aliphatic carboxylic acids is 1. The van der Waals surface area contributed by atoms with Gasteiger partial charge in [-0.2, -0.15) is 0 Å². The minimum atomic E-state index is -0.833. The second kappa shape index (κ2) is 9.01. The second-order valence-corrected chi connectivity index (χ2v) is 3.44. The molecule has 0 heterocycles. The van der Waals surface area contributed by atoms with Gasteiger partial charge in [-0.15, -0.1) is 0 Å². The number of halogens is 1. The van der Waals surface area contributed by atoms with Crippen LogP contribution in [-0.2, 0) is 14.3 Å². The molecular formula is C13H13ClO4. The van der Waals surface area contributed by atoms with Gasteiger partial charge in [0.2, 0.25) is 0 Å². The van der Waals surface area contributed by atoms with Crippen molar-refractivity contribution in [2.24, 2.45) is 0 Å². The summed E-state index contributed by atoms with van der Waals surface area (Å²) in [7, 11) is 0. The molecule has 4 nitrogen and oxygen atoms in total. The van der Waals surface area contributed by atoms with Crippen LogP contribution in [0.3, 0.4) is 0 Å². The van der Waals surface area contributed by atoms with Crippen molar-refractivity contribution in [3.05, 3.63) is 53.8 Å². The summed E-state index contributed by atoms with van der Waals surface area (Å²) >= 11 is 5.70. The van der Waals surface area contributed by atoms with Gasteiger partial charge in [-0.3, -0.25) is 4.79 Å². The van der Waals surface area contributed by atoms with Gasteiger partial charge in [0.25, 0.3) is 5.97 Å². The summed E-state index contributed by atoms with van der Waals surface area (Å²) in [6, 6.07) is 7.11. The standard InChI is InChI=1S/C11H9ClO2.C2H4O2/c1-2-14-11(13)8-5-9-3-6-10(12)7-4-9;1-2(3)4/h2-8H,1H2;1H3,(H,3,4)/b8-5+;. The molecule has 0 aliphatic rings. The minimum absolute atomic E-state index is 0.449. The maximum absolute atomic E-state index is 10.9. The molecule has 0 fully saturated rings. The Morgan fingerprint density at radius 2 is 1.83 bits per heavy atom. The van der Waals surface area contributed by atoms with Gasteiger partial charge < -0.3 is 9.84 Å². The molecule has 1 N–H and O–H groups in total. The predicted molar refractivity (Wildman–Crippen MR) is 70.1 cm³/mol. The largest absolute Gasteiger partial charge is 0.481 e. The Morgan fingerprint density at radius 1 is 1.33 bits per heavy atom. The zero-order valence-corrected chi connectivity index (χ0v) is 10.6. The lowest BCUT2D eigenvalue weighted by molar-refractivity contribution is -0.134. The average molecular weight is 269 g/mol. The molecule has 0 spiro atoms. The molecule has 1 rings (SSSR count). The fraction of sp³-hybridized carbons (Fsp3) is 0.0769. The summed E-state index contributed by atoms with van der Waals surface area (Å²) in [6.45, 7) is 4.36. The molecule has 0 saturated heterocycles. The lowest BCUT2D eigenvalue weighted by Gasteiger charge is -1.93. The highest BCUT2D eigenvalue weighted by Crippen LogP contribution is 2.10. The molecule has 1 aromatic carbocycles. The first kappa shape index (κ1) is 15.9. The number of carbonyl (C=O) groups excluding carboxylic acids is 1. The van der Waals surface area contributed by atoms with E-state index in [9.17, 15) is 4.79 Å². The number of carbonyl (C=O) groups is 2. The molecule has 96 valence electrons. The number of benzene rings is 1. The molecule has 0 aliphatic carbocycles. The van der Waals surface area contributed by atoms with Crippen LogP contribution >= 0.6 is 11.6 Å². The van der Waals surface area contributed by atoms with E-state index in [0.29, 0.717) is 5.02 Å². The number of carboxylic acid groups (broad SMARTS) is 1. The zero-order chi connectivity index (χ0) is 14.0. The predicted octanol–water partition coefficient (Wildman–Crippen LogP) is 3.13. The van der Waals surface area contributed by atoms with Crippen molar-refractivity contribution in [1.29, 1.82) is 0 Å². The number of hydrogen-bond acceptors (Lipinski definition) is 3. The molecule has 0 saturated carbocycles. The summed E-state index contributed by atoms with van der Waals surface area (Å²) < 4.78 is 4.50. The maximum atomic E-state index is 10.9. The molecule has 5 heteroatoms. The topological polar surface area (TPSA) is 63.6 Å². The van der Waals surface area contributed by atoms with Crippen LogP contribution in [0, 0.1) is 0 Å². The summed E-state index contributed by atoms with van der Waals surface area (Å²) in [6.07, 6.45) is 4.06. The van der Waals surface area contributed by atoms with Crippen LogP contribution in [0.25, 0.3) is 6.08 Å². The van der Waals surface area contributed by atoms with Gasteiger partial charge in [-0.1, -0.05) is 30.3 Å². The van der Waals surface area contributed by atoms with E-state index in [1.54, 1.807) is 30.3 Å². The Morgan fingerprint density at radius 3 is 2.28 bits per heavy atom. The van der Waals surface area contributed by atoms with Crippen molar-refractivity contribution in [2.75, 3.05) is 0 Å². The van der Waals surface area contributed by atoms with Crippen molar-refractivity contribution in [1.82, 2.24) is 0 Å². The number of carboxylic acids is 1. The number of esters is 1. The molecule has 0 aliphatic heterocycles. The van der Waals surface area contributed by atoms with Crippen LogP contribution in [0.15, 0.2) is 43.2 Å². The van der Waals surface area contributed by atoms with E-state index in [2.05, 4.69) is 11.3 Å². The SMILES string of the molecule is C=COC(=O)/C=C/c1ccc(Cl)cc1.CC(=O)O. The lowest BCUT2D eigenvalue weighted by atomic mass is 10.2. The van der Waals surface area contributed by atoms with Crippen molar-refractivity contribution in [3.8, 4) is 0 Å². The van der Waals surface area contributed by atoms with E-state index in [1.165, 1.54) is 6.08 Å². The van der Waals surface area contributed by atoms with E-state index in [-0.39, 0.29) is 0 Å². The van der Waals surface area contributed by atoms with Gasteiger partial charge in [-0.25, -0.2) is 4.79 Å². The van der Waals surface area contributed by atoms with Crippen LogP contribution in [-0.4, -0.2) is 17.0 Å². The first-order valence-electron chi connectivity index (χ1n) is 4.90. The third kappa shape index (κ3) is 9.18. The van der Waals surface area contributed by atoms with Gasteiger partial charge in [0.1, 0.15) is 0 Å². The van der Waals surface area contributed by atoms with Crippen LogP contribution in [0.5, 0.6) is 0 Å². The zero-order valence-electron chi connectivity index (χ0n) is 9.80. The third-order valence-electron chi connectivity index (χ3n) is 1.48. The van der Waals surface area contributed by atoms with E-state index in [0.717, 1.165) is 18.7 Å². The molecule has 0 radical (unpaired) electrons. The Kier molecular flexibility index (Phi) is 7.98.